The molecule has 21 heavy (non-hydrogen) atoms. The molecule has 0 heterocycles. The molecule has 0 aliphatic heterocycles. The Balaban J connectivity index is 2.43. The number of nitrogens with one attached hydrogen (secondary N) is 2. The Morgan fingerprint density at radius 3 is 2.81 bits per heavy atom. The molecular weight excluding hydrogens is 272 g/mol. The van der Waals surface area contributed by atoms with Gasteiger partial charge in [0.2, 0.25) is 0 Å². The average Bonchev–Trinajstić information content (AvgIpc) is 2.50. The van der Waals surface area contributed by atoms with Gasteiger partial charge in [-0.05, 0) is 13.3 Å². The van der Waals surface area contributed by atoms with Crippen molar-refractivity contribution in [2.75, 3.05) is 26.8 Å². The van der Waals surface area contributed by atoms with Gasteiger partial charge in [-0.2, -0.15) is 0 Å². The molecule has 1 rings (SSSR count). The van der Waals surface area contributed by atoms with Crippen molar-refractivity contribution in [2.45, 2.75) is 19.9 Å². The minimum absolute atomic E-state index is 0.108. The highest BCUT2D eigenvalue weighted by Gasteiger charge is 2.12. The van der Waals surface area contributed by atoms with Crippen LogP contribution in [0, 0.1) is 10.1 Å². The van der Waals surface area contributed by atoms with Crippen LogP contribution in [0.2, 0.25) is 0 Å². The van der Waals surface area contributed by atoms with Gasteiger partial charge in [0.15, 0.2) is 5.96 Å². The van der Waals surface area contributed by atoms with Crippen LogP contribution < -0.4 is 10.6 Å². The number of nitrogens with zero attached hydrogens (tertiary/aromatic N) is 2. The fourth-order valence-electron chi connectivity index (χ4n) is 1.76. The van der Waals surface area contributed by atoms with Crippen LogP contribution in [-0.4, -0.2) is 37.7 Å². The maximum absolute atomic E-state index is 10.9. The van der Waals surface area contributed by atoms with Crippen molar-refractivity contribution in [3.05, 3.63) is 39.9 Å². The number of hydrogen-bond acceptors (Lipinski definition) is 4. The Bertz CT molecular complexity index is 477. The van der Waals surface area contributed by atoms with Gasteiger partial charge in [-0.3, -0.25) is 15.1 Å². The van der Waals surface area contributed by atoms with E-state index in [4.69, 9.17) is 4.74 Å². The maximum atomic E-state index is 10.9. The van der Waals surface area contributed by atoms with Crippen LogP contribution in [0.5, 0.6) is 0 Å². The van der Waals surface area contributed by atoms with Gasteiger partial charge in [-0.25, -0.2) is 0 Å². The van der Waals surface area contributed by atoms with E-state index in [1.165, 1.54) is 6.07 Å². The van der Waals surface area contributed by atoms with Crippen molar-refractivity contribution in [1.82, 2.24) is 10.6 Å². The maximum Gasteiger partial charge on any atom is 0.274 e. The van der Waals surface area contributed by atoms with E-state index in [9.17, 15) is 10.1 Å². The van der Waals surface area contributed by atoms with Crippen LogP contribution in [0.3, 0.4) is 0 Å². The summed E-state index contributed by atoms with van der Waals surface area (Å²) in [6, 6.07) is 6.66. The number of nitro benzene ring substituents is 1. The van der Waals surface area contributed by atoms with E-state index < -0.39 is 0 Å². The van der Waals surface area contributed by atoms with Crippen LogP contribution >= 0.6 is 0 Å². The van der Waals surface area contributed by atoms with E-state index in [1.54, 1.807) is 25.2 Å². The van der Waals surface area contributed by atoms with E-state index in [1.807, 2.05) is 6.92 Å². The lowest BCUT2D eigenvalue weighted by atomic mass is 10.2. The second-order valence-electron chi connectivity index (χ2n) is 4.29. The number of ether oxygens (including phenoxy) is 1. The number of aliphatic imine (C=N–C) groups is 1. The fraction of sp³-hybridized carbons (Fsp3) is 0.500. The molecule has 1 aromatic rings. The zero-order valence-electron chi connectivity index (χ0n) is 12.5. The van der Waals surface area contributed by atoms with E-state index in [-0.39, 0.29) is 10.6 Å². The molecule has 0 saturated carbocycles. The predicted octanol–water partition coefficient (Wildman–Crippen LogP) is 1.69. The molecule has 1 aromatic carbocycles. The highest BCUT2D eigenvalue weighted by molar-refractivity contribution is 5.79. The number of guanidine groups is 1. The summed E-state index contributed by atoms with van der Waals surface area (Å²) in [5.41, 5.74) is 0.733. The van der Waals surface area contributed by atoms with Crippen LogP contribution in [0.25, 0.3) is 0 Å². The van der Waals surface area contributed by atoms with E-state index in [0.29, 0.717) is 31.3 Å². The number of hydrogen-bond donors (Lipinski definition) is 2. The van der Waals surface area contributed by atoms with E-state index in [0.717, 1.165) is 13.0 Å². The molecule has 0 fully saturated rings. The third-order valence-electron chi connectivity index (χ3n) is 2.82. The molecule has 0 spiro atoms. The van der Waals surface area contributed by atoms with Crippen molar-refractivity contribution >= 4 is 11.6 Å². The van der Waals surface area contributed by atoms with Crippen molar-refractivity contribution in [3.63, 3.8) is 0 Å². The molecule has 0 aliphatic carbocycles. The smallest absolute Gasteiger partial charge is 0.274 e. The summed E-state index contributed by atoms with van der Waals surface area (Å²) in [6.07, 6.45) is 0.875. The lowest BCUT2D eigenvalue weighted by Gasteiger charge is -2.12. The van der Waals surface area contributed by atoms with Crippen LogP contribution in [0.15, 0.2) is 29.3 Å². The molecule has 0 aromatic heterocycles. The van der Waals surface area contributed by atoms with Gasteiger partial charge in [0, 0.05) is 45.0 Å². The Morgan fingerprint density at radius 2 is 2.14 bits per heavy atom. The normalized spacial score (nSPS) is 11.2. The van der Waals surface area contributed by atoms with Gasteiger partial charge < -0.3 is 15.4 Å². The average molecular weight is 294 g/mol. The zero-order valence-corrected chi connectivity index (χ0v) is 12.5. The van der Waals surface area contributed by atoms with Gasteiger partial charge in [-0.15, -0.1) is 0 Å². The zero-order chi connectivity index (χ0) is 15.5. The molecule has 7 nitrogen and oxygen atoms in total. The summed E-state index contributed by atoms with van der Waals surface area (Å²) in [7, 11) is 1.66. The minimum atomic E-state index is -0.380. The third kappa shape index (κ3) is 6.22. The van der Waals surface area contributed by atoms with E-state index >= 15 is 0 Å². The minimum Gasteiger partial charge on any atom is -0.382 e. The topological polar surface area (TPSA) is 88.8 Å². The van der Waals surface area contributed by atoms with Gasteiger partial charge in [0.1, 0.15) is 0 Å². The molecule has 0 unspecified atom stereocenters. The predicted molar refractivity (Wildman–Crippen MR) is 82.4 cm³/mol. The number of para-hydroxylation sites is 1. The molecule has 0 aliphatic rings. The van der Waals surface area contributed by atoms with Crippen molar-refractivity contribution < 1.29 is 9.66 Å². The largest absolute Gasteiger partial charge is 0.382 e. The number of rotatable bonds is 8. The first-order chi connectivity index (χ1) is 10.2. The van der Waals surface area contributed by atoms with E-state index in [2.05, 4.69) is 15.6 Å². The van der Waals surface area contributed by atoms with Crippen LogP contribution in [0.4, 0.5) is 5.69 Å². The van der Waals surface area contributed by atoms with Crippen LogP contribution in [0.1, 0.15) is 18.9 Å². The molecule has 116 valence electrons. The number of benzene rings is 1. The lowest BCUT2D eigenvalue weighted by Crippen LogP contribution is -2.37. The molecule has 0 saturated heterocycles. The van der Waals surface area contributed by atoms with Gasteiger partial charge in [-0.1, -0.05) is 18.2 Å². The summed E-state index contributed by atoms with van der Waals surface area (Å²) in [5.74, 6) is 0.615. The molecular formula is C14H22N4O3. The fourth-order valence-corrected chi connectivity index (χ4v) is 1.76. The standard InChI is InChI=1S/C14H22N4O3/c1-3-21-10-6-9-16-14(15-2)17-11-12-7-4-5-8-13(12)18(19)20/h4-5,7-8H,3,6,9-11H2,1-2H3,(H2,15,16,17). The molecule has 7 heteroatoms. The Morgan fingerprint density at radius 1 is 1.38 bits per heavy atom. The number of nitro groups is 1. The second-order valence-corrected chi connectivity index (χ2v) is 4.29. The SMILES string of the molecule is CCOCCCNC(=NC)NCc1ccccc1[N+](=O)[O-]. The van der Waals surface area contributed by atoms with Crippen molar-refractivity contribution in [3.8, 4) is 0 Å². The van der Waals surface area contributed by atoms with Crippen molar-refractivity contribution in [2.24, 2.45) is 4.99 Å². The first-order valence-electron chi connectivity index (χ1n) is 6.93. The molecule has 2 N–H and O–H groups in total. The summed E-state index contributed by atoms with van der Waals surface area (Å²) < 4.78 is 5.25. The summed E-state index contributed by atoms with van der Waals surface area (Å²) in [6.45, 7) is 4.45. The first-order valence-corrected chi connectivity index (χ1v) is 6.93. The summed E-state index contributed by atoms with van der Waals surface area (Å²) in [4.78, 5) is 14.6. The molecule has 0 radical (unpaired) electrons. The lowest BCUT2D eigenvalue weighted by molar-refractivity contribution is -0.385. The Kier molecular flexibility index (Phi) is 7.81. The Labute approximate surface area is 124 Å². The first kappa shape index (κ1) is 16.9. The summed E-state index contributed by atoms with van der Waals surface area (Å²) >= 11 is 0. The highest BCUT2D eigenvalue weighted by Crippen LogP contribution is 2.16. The van der Waals surface area contributed by atoms with Gasteiger partial charge in [0.05, 0.1) is 4.92 Å². The molecule has 0 atom stereocenters. The Hall–Kier alpha value is -2.15. The molecule has 0 bridgehead atoms. The van der Waals surface area contributed by atoms with Crippen LogP contribution in [-0.2, 0) is 11.3 Å². The molecule has 0 amide bonds. The quantitative estimate of drug-likeness (QED) is 0.250. The van der Waals surface area contributed by atoms with Crippen molar-refractivity contribution in [1.29, 1.82) is 0 Å². The summed E-state index contributed by atoms with van der Waals surface area (Å²) in [5, 5.41) is 17.1. The third-order valence-corrected chi connectivity index (χ3v) is 2.82. The second kappa shape index (κ2) is 9.71. The van der Waals surface area contributed by atoms with Gasteiger partial charge in [0.25, 0.3) is 5.69 Å². The highest BCUT2D eigenvalue weighted by atomic mass is 16.6. The monoisotopic (exact) mass is 294 g/mol. The van der Waals surface area contributed by atoms with Gasteiger partial charge >= 0.3 is 0 Å².